The van der Waals surface area contributed by atoms with Crippen LogP contribution in [0.1, 0.15) is 99.1 Å². The van der Waals surface area contributed by atoms with Crippen molar-refractivity contribution in [3.63, 3.8) is 0 Å². The number of ether oxygens (including phenoxy) is 2. The van der Waals surface area contributed by atoms with Gasteiger partial charge in [-0.25, -0.2) is 0 Å². The minimum absolute atomic E-state index is 0.00126. The number of likely N-dealkylation sites (tertiary alicyclic amines) is 2. The van der Waals surface area contributed by atoms with Crippen LogP contribution < -0.4 is 9.47 Å². The summed E-state index contributed by atoms with van der Waals surface area (Å²) < 4.78 is 95.6. The molecule has 55 heavy (non-hydrogen) atoms. The molecule has 1 aromatic carbocycles. The summed E-state index contributed by atoms with van der Waals surface area (Å²) in [7, 11) is 0. The molecule has 302 valence electrons. The number of carboxylic acid groups (broad SMARTS) is 1. The van der Waals surface area contributed by atoms with Crippen LogP contribution in [0.4, 0.5) is 26.3 Å². The van der Waals surface area contributed by atoms with Crippen LogP contribution in [0.3, 0.4) is 0 Å². The van der Waals surface area contributed by atoms with E-state index in [2.05, 4.69) is 4.98 Å². The Balaban J connectivity index is 1.43. The average molecular weight is 802 g/mol. The molecule has 0 saturated carbocycles. The molecule has 0 bridgehead atoms. The second kappa shape index (κ2) is 17.5. The lowest BCUT2D eigenvalue weighted by molar-refractivity contribution is -0.177. The molecule has 3 aromatic rings. The lowest BCUT2D eigenvalue weighted by Crippen LogP contribution is -2.68. The highest BCUT2D eigenvalue weighted by Crippen LogP contribution is 2.46. The predicted molar refractivity (Wildman–Crippen MR) is 189 cm³/mol. The largest absolute Gasteiger partial charge is 0.493 e. The number of aliphatic carboxylic acids is 1. The molecule has 2 aliphatic heterocycles. The lowest BCUT2D eigenvalue weighted by atomic mass is 9.78. The molecule has 17 heteroatoms. The van der Waals surface area contributed by atoms with Gasteiger partial charge in [0.25, 0.3) is 5.91 Å². The first-order valence-corrected chi connectivity index (χ1v) is 19.1. The van der Waals surface area contributed by atoms with Gasteiger partial charge < -0.3 is 29.7 Å². The third kappa shape index (κ3) is 9.73. The van der Waals surface area contributed by atoms with Crippen molar-refractivity contribution in [2.45, 2.75) is 107 Å². The van der Waals surface area contributed by atoms with Gasteiger partial charge in [0, 0.05) is 49.3 Å². The Morgan fingerprint density at radius 2 is 1.73 bits per heavy atom. The van der Waals surface area contributed by atoms with Gasteiger partial charge in [-0.1, -0.05) is 31.5 Å². The molecule has 0 aliphatic carbocycles. The maximum absolute atomic E-state index is 14.9. The molecule has 2 fully saturated rings. The topological polar surface area (TPSA) is 133 Å². The second-order valence-corrected chi connectivity index (χ2v) is 14.9. The van der Waals surface area contributed by atoms with Gasteiger partial charge >= 0.3 is 18.3 Å². The van der Waals surface area contributed by atoms with Crippen molar-refractivity contribution in [2.24, 2.45) is 0 Å². The fourth-order valence-electron chi connectivity index (χ4n) is 7.57. The normalized spacial score (nSPS) is 21.3. The highest BCUT2D eigenvalue weighted by atomic mass is 32.1. The van der Waals surface area contributed by atoms with E-state index in [1.807, 2.05) is 0 Å². The molecular formula is C38H45F6N3O7S. The fraction of sp³-hybridized carbons (Fsp3) is 0.553. The van der Waals surface area contributed by atoms with E-state index in [9.17, 15) is 46.1 Å². The number of hydrogen-bond acceptors (Lipinski definition) is 9. The number of aliphatic hydroxyl groups is 2. The van der Waals surface area contributed by atoms with Crippen LogP contribution >= 0.6 is 11.3 Å². The molecule has 1 unspecified atom stereocenters. The van der Waals surface area contributed by atoms with Crippen molar-refractivity contribution in [1.82, 2.24) is 14.8 Å². The van der Waals surface area contributed by atoms with Crippen molar-refractivity contribution >= 4 is 23.2 Å². The van der Waals surface area contributed by atoms with Gasteiger partial charge in [0.1, 0.15) is 16.4 Å². The monoisotopic (exact) mass is 801 g/mol. The van der Waals surface area contributed by atoms with Crippen LogP contribution in [-0.4, -0.2) is 79.9 Å². The molecule has 4 heterocycles. The molecule has 3 atom stereocenters. The van der Waals surface area contributed by atoms with E-state index >= 15 is 0 Å². The SMILES string of the molecule is CCC[C@H]1N(C(O)c2ncccc2C(F)(F)F)CCC[C@@]1(Oc1csc(C(F)(F)F)c1)C(=O)N1CCC(O)(c2ccccc2OCCCCCC(=O)O)CC1. The van der Waals surface area contributed by atoms with E-state index in [0.29, 0.717) is 54.9 Å². The summed E-state index contributed by atoms with van der Waals surface area (Å²) in [6.45, 7) is 2.12. The summed E-state index contributed by atoms with van der Waals surface area (Å²) in [6.07, 6.45) is -7.80. The number of nitrogens with zero attached hydrogens (tertiary/aromatic N) is 3. The van der Waals surface area contributed by atoms with Gasteiger partial charge in [0.05, 0.1) is 29.5 Å². The summed E-state index contributed by atoms with van der Waals surface area (Å²) in [4.78, 5) is 31.4. The van der Waals surface area contributed by atoms with E-state index in [0.717, 1.165) is 29.8 Å². The van der Waals surface area contributed by atoms with Crippen LogP contribution in [-0.2, 0) is 27.5 Å². The zero-order valence-corrected chi connectivity index (χ0v) is 31.1. The molecule has 2 saturated heterocycles. The number of halogens is 6. The maximum atomic E-state index is 14.9. The number of carboxylic acids is 1. The number of aromatic nitrogens is 1. The van der Waals surface area contributed by atoms with Crippen molar-refractivity contribution < 1.29 is 60.7 Å². The van der Waals surface area contributed by atoms with Gasteiger partial charge in [-0.05, 0) is 69.6 Å². The summed E-state index contributed by atoms with van der Waals surface area (Å²) >= 11 is 0.382. The maximum Gasteiger partial charge on any atom is 0.425 e. The minimum Gasteiger partial charge on any atom is -0.493 e. The number of carbonyl (C=O) groups is 2. The van der Waals surface area contributed by atoms with Crippen molar-refractivity contribution in [3.05, 3.63) is 75.7 Å². The number of piperidine rings is 2. The molecule has 2 aliphatic rings. The van der Waals surface area contributed by atoms with Gasteiger partial charge in [-0.15, -0.1) is 11.3 Å². The van der Waals surface area contributed by atoms with E-state index in [4.69, 9.17) is 14.6 Å². The summed E-state index contributed by atoms with van der Waals surface area (Å²) in [5, 5.41) is 33.5. The number of thiophene rings is 1. The highest BCUT2D eigenvalue weighted by Gasteiger charge is 2.56. The summed E-state index contributed by atoms with van der Waals surface area (Å²) in [5.74, 6) is -1.29. The molecule has 0 radical (unpaired) electrons. The van der Waals surface area contributed by atoms with Gasteiger partial charge in [-0.3, -0.25) is 19.5 Å². The quantitative estimate of drug-likeness (QED) is 0.104. The molecule has 3 N–H and O–H groups in total. The summed E-state index contributed by atoms with van der Waals surface area (Å²) in [6, 6.07) is 8.52. The molecule has 1 amide bonds. The number of hydrogen-bond donors (Lipinski definition) is 3. The minimum atomic E-state index is -4.86. The molecular weight excluding hydrogens is 756 g/mol. The van der Waals surface area contributed by atoms with Crippen LogP contribution in [0.2, 0.25) is 0 Å². The van der Waals surface area contributed by atoms with Gasteiger partial charge in [0.15, 0.2) is 6.23 Å². The number of benzene rings is 1. The number of alkyl halides is 6. The second-order valence-electron chi connectivity index (χ2n) is 14.0. The first-order valence-electron chi connectivity index (χ1n) is 18.3. The van der Waals surface area contributed by atoms with E-state index < -0.39 is 63.8 Å². The van der Waals surface area contributed by atoms with E-state index in [1.165, 1.54) is 9.80 Å². The number of pyridine rings is 1. The predicted octanol–water partition coefficient (Wildman–Crippen LogP) is 7.79. The van der Waals surface area contributed by atoms with E-state index in [1.54, 1.807) is 31.2 Å². The average Bonchev–Trinajstić information content (AvgIpc) is 3.62. The van der Waals surface area contributed by atoms with Crippen LogP contribution in [0.5, 0.6) is 11.5 Å². The van der Waals surface area contributed by atoms with Crippen LogP contribution in [0, 0.1) is 0 Å². The zero-order chi connectivity index (χ0) is 40.0. The number of aliphatic hydroxyl groups excluding tert-OH is 1. The molecule has 2 aromatic heterocycles. The first-order chi connectivity index (χ1) is 26.0. The molecule has 0 spiro atoms. The number of carbonyl (C=O) groups excluding carboxylic acids is 1. The summed E-state index contributed by atoms with van der Waals surface area (Å²) in [5.41, 5.74) is -4.68. The Bertz CT molecular complexity index is 1760. The lowest BCUT2D eigenvalue weighted by Gasteiger charge is -2.52. The Labute approximate surface area is 318 Å². The standard InChI is InChI=1S/C38H45F6N3O7S/c1-2-10-29-36(54-25-23-30(55-24-25)38(42,43)44,15-9-19-47(29)33(50)32-27(37(39,40)41)12-8-18-45-32)34(51)46-20-16-35(52,17-21-46)26-11-5-6-13-28(26)53-22-7-3-4-14-31(48)49/h5-6,8,11-13,18,23-24,29,33,50,52H,2-4,7,9-10,14-17,19-22H2,1H3,(H,48,49)/t29-,33?,36+/m1/s1. The number of amides is 1. The van der Waals surface area contributed by atoms with Crippen LogP contribution in [0.15, 0.2) is 54.0 Å². The van der Waals surface area contributed by atoms with Gasteiger partial charge in [0.2, 0.25) is 5.60 Å². The smallest absolute Gasteiger partial charge is 0.425 e. The number of para-hydroxylation sites is 1. The fourth-order valence-corrected chi connectivity index (χ4v) is 8.25. The van der Waals surface area contributed by atoms with Crippen molar-refractivity contribution in [1.29, 1.82) is 0 Å². The Hall–Kier alpha value is -3.93. The third-order valence-electron chi connectivity index (χ3n) is 10.2. The Kier molecular flexibility index (Phi) is 13.4. The van der Waals surface area contributed by atoms with Crippen LogP contribution in [0.25, 0.3) is 0 Å². The molecule has 5 rings (SSSR count). The van der Waals surface area contributed by atoms with Gasteiger partial charge in [-0.2, -0.15) is 26.3 Å². The number of unbranched alkanes of at least 4 members (excludes halogenated alkanes) is 2. The zero-order valence-electron chi connectivity index (χ0n) is 30.2. The number of rotatable bonds is 15. The Morgan fingerprint density at radius 1 is 1.00 bits per heavy atom. The third-order valence-corrected chi connectivity index (χ3v) is 11.2. The van der Waals surface area contributed by atoms with E-state index in [-0.39, 0.29) is 63.9 Å². The first kappa shape index (κ1) is 42.2. The Morgan fingerprint density at radius 3 is 2.38 bits per heavy atom. The molecule has 10 nitrogen and oxygen atoms in total. The highest BCUT2D eigenvalue weighted by molar-refractivity contribution is 7.10. The van der Waals surface area contributed by atoms with Crippen molar-refractivity contribution in [3.8, 4) is 11.5 Å². The van der Waals surface area contributed by atoms with Crippen molar-refractivity contribution in [2.75, 3.05) is 26.2 Å².